The van der Waals surface area contributed by atoms with E-state index in [-0.39, 0.29) is 11.1 Å². The molecular formula is C14H9NO5. The van der Waals surface area contributed by atoms with E-state index in [1.165, 1.54) is 24.3 Å². The van der Waals surface area contributed by atoms with Crippen molar-refractivity contribution in [3.8, 4) is 5.75 Å². The van der Waals surface area contributed by atoms with Crippen LogP contribution in [0.2, 0.25) is 0 Å². The van der Waals surface area contributed by atoms with Gasteiger partial charge in [-0.15, -0.1) is 0 Å². The number of phenolic OH excluding ortho intramolecular Hbond substituents is 1. The van der Waals surface area contributed by atoms with E-state index in [9.17, 15) is 24.8 Å². The van der Waals surface area contributed by atoms with Gasteiger partial charge in [0.25, 0.3) is 0 Å². The SMILES string of the molecule is O=C(C(=O)c1cccc([N+](=O)[O-])c1O)c1ccccc1. The van der Waals surface area contributed by atoms with E-state index in [0.29, 0.717) is 0 Å². The van der Waals surface area contributed by atoms with Crippen LogP contribution < -0.4 is 0 Å². The van der Waals surface area contributed by atoms with Gasteiger partial charge >= 0.3 is 5.69 Å². The number of aromatic hydroxyl groups is 1. The number of nitrogens with zero attached hydrogens (tertiary/aromatic N) is 1. The van der Waals surface area contributed by atoms with Gasteiger partial charge in [0.2, 0.25) is 17.3 Å². The zero-order valence-corrected chi connectivity index (χ0v) is 10.1. The number of para-hydroxylation sites is 1. The van der Waals surface area contributed by atoms with Gasteiger partial charge in [0.15, 0.2) is 0 Å². The van der Waals surface area contributed by atoms with Crippen LogP contribution in [0, 0.1) is 10.1 Å². The Morgan fingerprint density at radius 2 is 1.60 bits per heavy atom. The van der Waals surface area contributed by atoms with E-state index < -0.39 is 27.9 Å². The zero-order valence-electron chi connectivity index (χ0n) is 10.1. The average Bonchev–Trinajstić information content (AvgIpc) is 2.46. The fraction of sp³-hybridized carbons (Fsp3) is 0. The summed E-state index contributed by atoms with van der Waals surface area (Å²) in [6.07, 6.45) is 0. The van der Waals surface area contributed by atoms with Crippen LogP contribution in [0.3, 0.4) is 0 Å². The number of ketones is 2. The Kier molecular flexibility index (Phi) is 3.56. The highest BCUT2D eigenvalue weighted by atomic mass is 16.6. The summed E-state index contributed by atoms with van der Waals surface area (Å²) in [5.41, 5.74) is -0.840. The molecule has 0 aromatic heterocycles. The molecule has 0 saturated carbocycles. The molecule has 0 bridgehead atoms. The van der Waals surface area contributed by atoms with Crippen LogP contribution in [-0.4, -0.2) is 21.6 Å². The molecule has 0 unspecified atom stereocenters. The minimum Gasteiger partial charge on any atom is -0.502 e. The molecule has 0 atom stereocenters. The summed E-state index contributed by atoms with van der Waals surface area (Å²) < 4.78 is 0. The van der Waals surface area contributed by atoms with E-state index in [0.717, 1.165) is 6.07 Å². The number of phenols is 1. The summed E-state index contributed by atoms with van der Waals surface area (Å²) in [5.74, 6) is -2.62. The molecule has 0 heterocycles. The van der Waals surface area contributed by atoms with Gasteiger partial charge in [0.05, 0.1) is 10.5 Å². The number of nitro benzene ring substituents is 1. The van der Waals surface area contributed by atoms with Gasteiger partial charge in [0.1, 0.15) is 0 Å². The second-order valence-electron chi connectivity index (χ2n) is 3.95. The van der Waals surface area contributed by atoms with Crippen molar-refractivity contribution >= 4 is 17.3 Å². The van der Waals surface area contributed by atoms with Crippen molar-refractivity contribution in [1.82, 2.24) is 0 Å². The Morgan fingerprint density at radius 3 is 2.20 bits per heavy atom. The fourth-order valence-electron chi connectivity index (χ4n) is 1.70. The van der Waals surface area contributed by atoms with E-state index in [4.69, 9.17) is 0 Å². The van der Waals surface area contributed by atoms with Crippen molar-refractivity contribution < 1.29 is 19.6 Å². The Hall–Kier alpha value is -3.02. The molecule has 6 heteroatoms. The zero-order chi connectivity index (χ0) is 14.7. The molecule has 0 aliphatic rings. The Bertz CT molecular complexity index is 694. The predicted molar refractivity (Wildman–Crippen MR) is 69.9 cm³/mol. The van der Waals surface area contributed by atoms with Crippen LogP contribution in [0.1, 0.15) is 20.7 Å². The summed E-state index contributed by atoms with van der Waals surface area (Å²) in [5, 5.41) is 20.4. The monoisotopic (exact) mass is 271 g/mol. The number of hydrogen-bond acceptors (Lipinski definition) is 5. The third-order valence-electron chi connectivity index (χ3n) is 2.70. The molecule has 2 aromatic carbocycles. The lowest BCUT2D eigenvalue weighted by atomic mass is 10.0. The third-order valence-corrected chi connectivity index (χ3v) is 2.70. The molecule has 0 fully saturated rings. The molecule has 0 aliphatic heterocycles. The normalized spacial score (nSPS) is 10.0. The molecule has 2 rings (SSSR count). The van der Waals surface area contributed by atoms with Gasteiger partial charge in [0, 0.05) is 11.6 Å². The lowest BCUT2D eigenvalue weighted by Crippen LogP contribution is -2.14. The maximum Gasteiger partial charge on any atom is 0.311 e. The largest absolute Gasteiger partial charge is 0.502 e. The summed E-state index contributed by atoms with van der Waals surface area (Å²) in [6, 6.07) is 11.2. The van der Waals surface area contributed by atoms with Crippen LogP contribution in [0.15, 0.2) is 48.5 Å². The van der Waals surface area contributed by atoms with E-state index >= 15 is 0 Å². The van der Waals surface area contributed by atoms with Crippen LogP contribution in [-0.2, 0) is 0 Å². The first-order valence-electron chi connectivity index (χ1n) is 5.63. The molecule has 100 valence electrons. The standard InChI is InChI=1S/C14H9NO5/c16-12(9-5-2-1-3-6-9)14(18)10-7-4-8-11(13(10)17)15(19)20/h1-8,17H. The van der Waals surface area contributed by atoms with Gasteiger partial charge in [-0.2, -0.15) is 0 Å². The van der Waals surface area contributed by atoms with Crippen molar-refractivity contribution in [2.24, 2.45) is 0 Å². The Labute approximate surface area is 113 Å². The lowest BCUT2D eigenvalue weighted by Gasteiger charge is -2.03. The summed E-state index contributed by atoms with van der Waals surface area (Å²) in [4.78, 5) is 33.8. The quantitative estimate of drug-likeness (QED) is 0.398. The number of carbonyl (C=O) groups is 2. The minimum atomic E-state index is -0.989. The van der Waals surface area contributed by atoms with Gasteiger partial charge in [-0.3, -0.25) is 19.7 Å². The second-order valence-corrected chi connectivity index (χ2v) is 3.95. The minimum absolute atomic E-state index is 0.156. The number of benzene rings is 2. The van der Waals surface area contributed by atoms with Gasteiger partial charge in [-0.05, 0) is 6.07 Å². The smallest absolute Gasteiger partial charge is 0.311 e. The molecule has 1 N–H and O–H groups in total. The first-order valence-corrected chi connectivity index (χ1v) is 5.63. The second kappa shape index (κ2) is 5.31. The Morgan fingerprint density at radius 1 is 0.950 bits per heavy atom. The highest BCUT2D eigenvalue weighted by Gasteiger charge is 2.25. The number of carbonyl (C=O) groups excluding carboxylic acids is 2. The first kappa shape index (κ1) is 13.4. The number of rotatable bonds is 4. The van der Waals surface area contributed by atoms with Crippen LogP contribution >= 0.6 is 0 Å². The molecule has 0 radical (unpaired) electrons. The van der Waals surface area contributed by atoms with Crippen LogP contribution in [0.4, 0.5) is 5.69 Å². The van der Waals surface area contributed by atoms with Gasteiger partial charge in [-0.1, -0.05) is 36.4 Å². The van der Waals surface area contributed by atoms with Gasteiger partial charge in [-0.25, -0.2) is 0 Å². The predicted octanol–water partition coefficient (Wildman–Crippen LogP) is 2.37. The maximum absolute atomic E-state index is 12.0. The highest BCUT2D eigenvalue weighted by Crippen LogP contribution is 2.30. The molecular weight excluding hydrogens is 262 g/mol. The van der Waals surface area contributed by atoms with E-state index in [2.05, 4.69) is 0 Å². The number of nitro groups is 1. The van der Waals surface area contributed by atoms with E-state index in [1.54, 1.807) is 18.2 Å². The molecule has 20 heavy (non-hydrogen) atoms. The fourth-order valence-corrected chi connectivity index (χ4v) is 1.70. The van der Waals surface area contributed by atoms with E-state index in [1.807, 2.05) is 0 Å². The maximum atomic E-state index is 12.0. The van der Waals surface area contributed by atoms with Gasteiger partial charge < -0.3 is 5.11 Å². The molecule has 2 aromatic rings. The van der Waals surface area contributed by atoms with Crippen molar-refractivity contribution in [2.75, 3.05) is 0 Å². The molecule has 6 nitrogen and oxygen atoms in total. The third kappa shape index (κ3) is 2.39. The summed E-state index contributed by atoms with van der Waals surface area (Å²) in [6.45, 7) is 0. The highest BCUT2D eigenvalue weighted by molar-refractivity contribution is 6.49. The Balaban J connectivity index is 2.42. The van der Waals surface area contributed by atoms with Crippen LogP contribution in [0.5, 0.6) is 5.75 Å². The van der Waals surface area contributed by atoms with Crippen molar-refractivity contribution in [1.29, 1.82) is 0 Å². The molecule has 0 spiro atoms. The van der Waals surface area contributed by atoms with Crippen molar-refractivity contribution in [3.05, 3.63) is 69.8 Å². The number of hydrogen-bond donors (Lipinski definition) is 1. The molecule has 0 amide bonds. The van der Waals surface area contributed by atoms with Crippen molar-refractivity contribution in [2.45, 2.75) is 0 Å². The van der Waals surface area contributed by atoms with Crippen molar-refractivity contribution in [3.63, 3.8) is 0 Å². The molecule has 0 aliphatic carbocycles. The summed E-state index contributed by atoms with van der Waals surface area (Å²) in [7, 11) is 0. The first-order chi connectivity index (χ1) is 9.52. The average molecular weight is 271 g/mol. The summed E-state index contributed by atoms with van der Waals surface area (Å²) >= 11 is 0. The topological polar surface area (TPSA) is 97.5 Å². The lowest BCUT2D eigenvalue weighted by molar-refractivity contribution is -0.385. The van der Waals surface area contributed by atoms with Crippen LogP contribution in [0.25, 0.3) is 0 Å². The molecule has 0 saturated heterocycles. The number of Topliss-reactive ketones (excluding diaryl/α,β-unsaturated/α-hetero) is 2.